The number of nitrogens with one attached hydrogen (secondary N) is 1. The number of Topliss-reactive ketones (excluding diaryl/α,β-unsaturated/α-hetero) is 1. The Kier molecular flexibility index (Phi) is 4.31. The third-order valence-corrected chi connectivity index (χ3v) is 4.53. The van der Waals surface area contributed by atoms with Crippen LogP contribution in [0.2, 0.25) is 0 Å². The first-order valence-electron chi connectivity index (χ1n) is 7.27. The summed E-state index contributed by atoms with van der Waals surface area (Å²) in [5.41, 5.74) is 2.24. The summed E-state index contributed by atoms with van der Waals surface area (Å²) >= 11 is 3.50. The number of anilines is 1. The van der Waals surface area contributed by atoms with Crippen LogP contribution in [0, 0.1) is 0 Å². The molecule has 0 radical (unpaired) electrons. The molecule has 0 bridgehead atoms. The maximum atomic E-state index is 12.3. The summed E-state index contributed by atoms with van der Waals surface area (Å²) in [6, 6.07) is 3.36. The lowest BCUT2D eigenvalue weighted by molar-refractivity contribution is -0.114. The smallest absolute Gasteiger partial charge is 0.226 e. The summed E-state index contributed by atoms with van der Waals surface area (Å²) in [4.78, 5) is 16.5. The van der Waals surface area contributed by atoms with Gasteiger partial charge in [-0.05, 0) is 47.5 Å². The number of ether oxygens (including phenoxy) is 2. The third kappa shape index (κ3) is 2.56. The molecule has 1 aromatic heterocycles. The molecule has 1 unspecified atom stereocenters. The van der Waals surface area contributed by atoms with Crippen LogP contribution in [-0.4, -0.2) is 34.8 Å². The molecule has 3 rings (SSSR count). The van der Waals surface area contributed by atoms with Crippen molar-refractivity contribution in [3.05, 3.63) is 39.8 Å². The fraction of sp³-hybridized carbons (Fsp3) is 0.312. The van der Waals surface area contributed by atoms with Crippen molar-refractivity contribution < 1.29 is 14.3 Å². The standard InChI is InChI=1S/C16H17BrN4O3/c1-8-13(9(2)22)14(21-16(20-8)18-7-19-21)10-5-11(17)15(24-4)12(6-10)23-3/h5-7,14H,1-4H3,(H,18,19,20). The quantitative estimate of drug-likeness (QED) is 0.861. The number of nitrogens with zero attached hydrogens (tertiary/aromatic N) is 3. The van der Waals surface area contributed by atoms with Gasteiger partial charge in [-0.15, -0.1) is 0 Å². The van der Waals surface area contributed by atoms with E-state index < -0.39 is 6.04 Å². The predicted molar refractivity (Wildman–Crippen MR) is 92.4 cm³/mol. The first kappa shape index (κ1) is 16.5. The summed E-state index contributed by atoms with van der Waals surface area (Å²) < 4.78 is 13.2. The minimum absolute atomic E-state index is 0.0305. The second-order valence-corrected chi connectivity index (χ2v) is 6.24. The molecule has 1 N–H and O–H groups in total. The van der Waals surface area contributed by atoms with Crippen LogP contribution in [0.3, 0.4) is 0 Å². The van der Waals surface area contributed by atoms with Gasteiger partial charge in [0.25, 0.3) is 0 Å². The van der Waals surface area contributed by atoms with Gasteiger partial charge in [-0.3, -0.25) is 4.79 Å². The summed E-state index contributed by atoms with van der Waals surface area (Å²) in [6.45, 7) is 3.41. The normalized spacial score (nSPS) is 16.5. The Morgan fingerprint density at radius 2 is 2.08 bits per heavy atom. The summed E-state index contributed by atoms with van der Waals surface area (Å²) in [6.07, 6.45) is 1.46. The van der Waals surface area contributed by atoms with E-state index in [9.17, 15) is 4.79 Å². The van der Waals surface area contributed by atoms with E-state index in [4.69, 9.17) is 9.47 Å². The molecular weight excluding hydrogens is 376 g/mol. The highest BCUT2D eigenvalue weighted by atomic mass is 79.9. The van der Waals surface area contributed by atoms with Crippen LogP contribution in [0.1, 0.15) is 25.5 Å². The second-order valence-electron chi connectivity index (χ2n) is 5.39. The molecule has 1 aliphatic rings. The Morgan fingerprint density at radius 3 is 2.71 bits per heavy atom. The van der Waals surface area contributed by atoms with Crippen LogP contribution in [-0.2, 0) is 4.79 Å². The van der Waals surface area contributed by atoms with Crippen LogP contribution in [0.25, 0.3) is 0 Å². The zero-order valence-corrected chi connectivity index (χ0v) is 15.3. The first-order valence-corrected chi connectivity index (χ1v) is 8.06. The molecule has 1 atom stereocenters. The van der Waals surface area contributed by atoms with Gasteiger partial charge >= 0.3 is 0 Å². The van der Waals surface area contributed by atoms with Gasteiger partial charge in [0.1, 0.15) is 12.4 Å². The molecule has 0 amide bonds. The zero-order valence-electron chi connectivity index (χ0n) is 13.8. The highest BCUT2D eigenvalue weighted by Crippen LogP contribution is 2.42. The molecule has 8 heteroatoms. The Labute approximate surface area is 147 Å². The maximum absolute atomic E-state index is 12.3. The molecule has 126 valence electrons. The number of ketones is 1. The number of hydrogen-bond donors (Lipinski definition) is 1. The Balaban J connectivity index is 2.24. The molecule has 0 saturated heterocycles. The average molecular weight is 393 g/mol. The van der Waals surface area contributed by atoms with Crippen molar-refractivity contribution in [2.24, 2.45) is 0 Å². The van der Waals surface area contributed by atoms with Gasteiger partial charge in [0.2, 0.25) is 5.95 Å². The Hall–Kier alpha value is -2.35. The second kappa shape index (κ2) is 6.27. The molecule has 24 heavy (non-hydrogen) atoms. The van der Waals surface area contributed by atoms with Crippen molar-refractivity contribution in [3.8, 4) is 11.5 Å². The van der Waals surface area contributed by atoms with Crippen LogP contribution >= 0.6 is 15.9 Å². The molecule has 7 nitrogen and oxygen atoms in total. The van der Waals surface area contributed by atoms with Gasteiger partial charge in [-0.25, -0.2) is 4.68 Å². The van der Waals surface area contributed by atoms with E-state index in [0.717, 1.165) is 15.7 Å². The number of benzene rings is 1. The van der Waals surface area contributed by atoms with Crippen LogP contribution in [0.4, 0.5) is 5.95 Å². The molecule has 2 aromatic rings. The Bertz CT molecular complexity index is 844. The fourth-order valence-corrected chi connectivity index (χ4v) is 3.57. The SMILES string of the molecule is COc1cc(C2C(C(C)=O)=C(C)Nc3ncnn32)cc(Br)c1OC. The number of aromatic nitrogens is 3. The highest BCUT2D eigenvalue weighted by molar-refractivity contribution is 9.10. The number of carbonyl (C=O) groups is 1. The van der Waals surface area contributed by atoms with Crippen molar-refractivity contribution >= 4 is 27.7 Å². The third-order valence-electron chi connectivity index (χ3n) is 3.95. The predicted octanol–water partition coefficient (Wildman–Crippen LogP) is 2.94. The van der Waals surface area contributed by atoms with Crippen LogP contribution in [0.5, 0.6) is 11.5 Å². The Morgan fingerprint density at radius 1 is 1.33 bits per heavy atom. The van der Waals surface area contributed by atoms with Crippen molar-refractivity contribution in [3.63, 3.8) is 0 Å². The van der Waals surface area contributed by atoms with E-state index >= 15 is 0 Å². The van der Waals surface area contributed by atoms with Gasteiger partial charge in [0, 0.05) is 11.3 Å². The van der Waals surface area contributed by atoms with Crippen molar-refractivity contribution in [2.45, 2.75) is 19.9 Å². The average Bonchev–Trinajstić information content (AvgIpc) is 3.00. The number of rotatable bonds is 4. The molecule has 1 aliphatic heterocycles. The molecule has 0 aliphatic carbocycles. The number of fused-ring (bicyclic) bond motifs is 1. The largest absolute Gasteiger partial charge is 0.493 e. The van der Waals surface area contributed by atoms with E-state index in [-0.39, 0.29) is 5.78 Å². The van der Waals surface area contributed by atoms with Gasteiger partial charge < -0.3 is 14.8 Å². The molecule has 1 aromatic carbocycles. The van der Waals surface area contributed by atoms with Gasteiger partial charge in [-0.2, -0.15) is 10.1 Å². The zero-order chi connectivity index (χ0) is 17.4. The topological polar surface area (TPSA) is 78.3 Å². The van der Waals surface area contributed by atoms with Crippen LogP contribution < -0.4 is 14.8 Å². The number of carbonyl (C=O) groups excluding carboxylic acids is 1. The van der Waals surface area contributed by atoms with Gasteiger partial charge in [0.05, 0.1) is 18.7 Å². The lowest BCUT2D eigenvalue weighted by Crippen LogP contribution is -2.27. The summed E-state index contributed by atoms with van der Waals surface area (Å²) in [5.74, 6) is 1.73. The van der Waals surface area contributed by atoms with Crippen LogP contribution in [0.15, 0.2) is 34.2 Å². The van der Waals surface area contributed by atoms with E-state index in [1.54, 1.807) is 25.8 Å². The first-order chi connectivity index (χ1) is 11.5. The molecule has 0 fully saturated rings. The van der Waals surface area contributed by atoms with E-state index in [1.165, 1.54) is 6.33 Å². The lowest BCUT2D eigenvalue weighted by atomic mass is 9.93. The molecule has 0 spiro atoms. The summed E-state index contributed by atoms with van der Waals surface area (Å²) in [5, 5.41) is 7.40. The maximum Gasteiger partial charge on any atom is 0.226 e. The number of allylic oxidation sites excluding steroid dienone is 2. The van der Waals surface area contributed by atoms with E-state index in [1.807, 2.05) is 19.1 Å². The number of halogens is 1. The molecular formula is C16H17BrN4O3. The molecule has 2 heterocycles. The number of hydrogen-bond acceptors (Lipinski definition) is 6. The van der Waals surface area contributed by atoms with E-state index in [2.05, 4.69) is 31.3 Å². The lowest BCUT2D eigenvalue weighted by Gasteiger charge is -2.28. The fourth-order valence-electron chi connectivity index (χ4n) is 2.95. The van der Waals surface area contributed by atoms with E-state index in [0.29, 0.717) is 23.0 Å². The summed E-state index contributed by atoms with van der Waals surface area (Å²) in [7, 11) is 3.15. The van der Waals surface area contributed by atoms with Crippen molar-refractivity contribution in [2.75, 3.05) is 19.5 Å². The minimum Gasteiger partial charge on any atom is -0.493 e. The monoisotopic (exact) mass is 392 g/mol. The highest BCUT2D eigenvalue weighted by Gasteiger charge is 2.32. The van der Waals surface area contributed by atoms with Crippen molar-refractivity contribution in [1.82, 2.24) is 14.8 Å². The minimum atomic E-state index is -0.391. The van der Waals surface area contributed by atoms with Gasteiger partial charge in [-0.1, -0.05) is 0 Å². The van der Waals surface area contributed by atoms with Crippen molar-refractivity contribution in [1.29, 1.82) is 0 Å². The van der Waals surface area contributed by atoms with Gasteiger partial charge in [0.15, 0.2) is 17.3 Å². The number of methoxy groups -OCH3 is 2. The molecule has 0 saturated carbocycles.